The van der Waals surface area contributed by atoms with Crippen LogP contribution in [0.5, 0.6) is 0 Å². The van der Waals surface area contributed by atoms with Crippen molar-refractivity contribution < 1.29 is 9.59 Å². The summed E-state index contributed by atoms with van der Waals surface area (Å²) in [4.78, 5) is 31.8. The molecule has 0 unspecified atom stereocenters. The Morgan fingerprint density at radius 2 is 2.35 bits per heavy atom. The molecule has 1 N–H and O–H groups in total. The zero-order valence-electron chi connectivity index (χ0n) is 10.0. The van der Waals surface area contributed by atoms with E-state index in [2.05, 4.69) is 15.3 Å². The maximum absolute atomic E-state index is 11.7. The smallest absolute Gasteiger partial charge is 0.278 e. The second-order valence-corrected chi connectivity index (χ2v) is 3.50. The van der Waals surface area contributed by atoms with E-state index in [-0.39, 0.29) is 5.69 Å². The zero-order valence-corrected chi connectivity index (χ0v) is 10.0. The minimum absolute atomic E-state index is 0.276. The first-order valence-electron chi connectivity index (χ1n) is 5.10. The molecule has 1 aromatic rings. The summed E-state index contributed by atoms with van der Waals surface area (Å²) in [6.07, 6.45) is 3.40. The van der Waals surface area contributed by atoms with Crippen LogP contribution in [0.3, 0.4) is 0 Å². The summed E-state index contributed by atoms with van der Waals surface area (Å²) in [6, 6.07) is 0. The van der Waals surface area contributed by atoms with E-state index in [1.54, 1.807) is 15.8 Å². The summed E-state index contributed by atoms with van der Waals surface area (Å²) >= 11 is 0. The number of imide groups is 1. The molecule has 2 amide bonds. The van der Waals surface area contributed by atoms with Gasteiger partial charge in [-0.3, -0.25) is 14.9 Å². The predicted octanol–water partition coefficient (Wildman–Crippen LogP) is 0.0106. The molecule has 92 valence electrons. The number of carbonyl (C=O) groups excluding carboxylic acids is 2. The van der Waals surface area contributed by atoms with Gasteiger partial charge >= 0.3 is 0 Å². The van der Waals surface area contributed by atoms with Gasteiger partial charge in [-0.2, -0.15) is 0 Å². The van der Waals surface area contributed by atoms with E-state index in [0.717, 1.165) is 0 Å². The van der Waals surface area contributed by atoms with Crippen molar-refractivity contribution in [2.75, 3.05) is 14.1 Å². The molecule has 0 spiro atoms. The van der Waals surface area contributed by atoms with Crippen molar-refractivity contribution in [3.63, 3.8) is 0 Å². The van der Waals surface area contributed by atoms with Crippen LogP contribution in [0.15, 0.2) is 11.3 Å². The summed E-state index contributed by atoms with van der Waals surface area (Å²) in [5, 5.41) is 2.08. The molecule has 0 saturated carbocycles. The average Bonchev–Trinajstić information content (AvgIpc) is 2.69. The van der Waals surface area contributed by atoms with Crippen LogP contribution in [-0.4, -0.2) is 47.2 Å². The number of carbonyl (C=O) groups is 2. The zero-order chi connectivity index (χ0) is 12.8. The number of hydrogen-bond acceptors (Lipinski definition) is 4. The molecule has 0 aliphatic heterocycles. The van der Waals surface area contributed by atoms with Gasteiger partial charge in [-0.1, -0.05) is 0 Å². The fourth-order valence-corrected chi connectivity index (χ4v) is 1.23. The number of nitrogens with one attached hydrogen (secondary N) is 1. The van der Waals surface area contributed by atoms with Crippen molar-refractivity contribution in [2.45, 2.75) is 13.5 Å². The van der Waals surface area contributed by atoms with Crippen molar-refractivity contribution in [2.24, 2.45) is 4.99 Å². The van der Waals surface area contributed by atoms with Gasteiger partial charge in [0.25, 0.3) is 5.91 Å². The molecule has 0 saturated heterocycles. The van der Waals surface area contributed by atoms with Crippen LogP contribution in [0.1, 0.15) is 17.4 Å². The Labute approximate surface area is 99.2 Å². The highest BCUT2D eigenvalue weighted by Crippen LogP contribution is 2.16. The molecule has 1 aromatic heterocycles. The Balaban J connectivity index is 3.09. The number of aliphatic imine (C=N–C) groups is 1. The van der Waals surface area contributed by atoms with Crippen LogP contribution in [0.2, 0.25) is 0 Å². The third kappa shape index (κ3) is 3.13. The molecule has 0 bridgehead atoms. The lowest BCUT2D eigenvalue weighted by Crippen LogP contribution is -2.24. The quantitative estimate of drug-likeness (QED) is 0.444. The van der Waals surface area contributed by atoms with Gasteiger partial charge in [0.2, 0.25) is 6.41 Å². The first kappa shape index (κ1) is 12.9. The Morgan fingerprint density at radius 1 is 1.65 bits per heavy atom. The number of nitrogens with zero attached hydrogens (tertiary/aromatic N) is 4. The molecule has 1 heterocycles. The van der Waals surface area contributed by atoms with E-state index >= 15 is 0 Å². The van der Waals surface area contributed by atoms with E-state index in [1.807, 2.05) is 21.0 Å². The first-order chi connectivity index (χ1) is 8.10. The second-order valence-electron chi connectivity index (χ2n) is 3.50. The van der Waals surface area contributed by atoms with Crippen LogP contribution in [0, 0.1) is 0 Å². The summed E-state index contributed by atoms with van der Waals surface area (Å²) in [7, 11) is 3.62. The minimum atomic E-state index is -0.509. The molecule has 0 atom stereocenters. The van der Waals surface area contributed by atoms with Gasteiger partial charge in [-0.05, 0) is 6.92 Å². The SMILES string of the molecule is CCn1cnc(/N=C/N(C)C)c1C(=O)NC=O. The topological polar surface area (TPSA) is 79.6 Å². The molecule has 0 aliphatic rings. The fraction of sp³-hybridized carbons (Fsp3) is 0.400. The van der Waals surface area contributed by atoms with Crippen molar-refractivity contribution in [3.8, 4) is 0 Å². The van der Waals surface area contributed by atoms with Gasteiger partial charge in [0, 0.05) is 20.6 Å². The Morgan fingerprint density at radius 3 is 2.88 bits per heavy atom. The normalized spacial score (nSPS) is 10.5. The number of imidazole rings is 1. The number of rotatable bonds is 5. The maximum atomic E-state index is 11.7. The van der Waals surface area contributed by atoms with Gasteiger partial charge in [0.15, 0.2) is 11.5 Å². The van der Waals surface area contributed by atoms with Crippen molar-refractivity contribution in [1.82, 2.24) is 19.8 Å². The van der Waals surface area contributed by atoms with Gasteiger partial charge < -0.3 is 9.47 Å². The van der Waals surface area contributed by atoms with Gasteiger partial charge in [-0.25, -0.2) is 9.98 Å². The van der Waals surface area contributed by atoms with Gasteiger partial charge in [0.1, 0.15) is 0 Å². The van der Waals surface area contributed by atoms with E-state index in [0.29, 0.717) is 18.8 Å². The molecular formula is C10H15N5O2. The van der Waals surface area contributed by atoms with E-state index < -0.39 is 5.91 Å². The summed E-state index contributed by atoms with van der Waals surface area (Å²) in [6.45, 7) is 2.45. The number of aryl methyl sites for hydroxylation is 1. The second kappa shape index (κ2) is 5.78. The van der Waals surface area contributed by atoms with Gasteiger partial charge in [-0.15, -0.1) is 0 Å². The molecule has 0 aromatic carbocycles. The Hall–Kier alpha value is -2.18. The third-order valence-electron chi connectivity index (χ3n) is 1.98. The molecule has 7 heteroatoms. The lowest BCUT2D eigenvalue weighted by atomic mass is 10.4. The molecule has 0 fully saturated rings. The van der Waals surface area contributed by atoms with E-state index in [9.17, 15) is 9.59 Å². The van der Waals surface area contributed by atoms with Crippen LogP contribution in [-0.2, 0) is 11.3 Å². The van der Waals surface area contributed by atoms with Gasteiger partial charge in [0.05, 0.1) is 12.7 Å². The standard InChI is InChI=1S/C10H15N5O2/c1-4-15-6-12-9(11-5-14(2)3)8(15)10(17)13-7-16/h5-7H,4H2,1-3H3,(H,13,16,17)/b11-5+. The Bertz CT molecular complexity index is 436. The molecule has 17 heavy (non-hydrogen) atoms. The predicted molar refractivity (Wildman–Crippen MR) is 63.3 cm³/mol. The molecule has 1 rings (SSSR count). The average molecular weight is 237 g/mol. The summed E-state index contributed by atoms with van der Waals surface area (Å²) < 4.78 is 1.63. The molecule has 0 radical (unpaired) electrons. The molecule has 7 nitrogen and oxygen atoms in total. The number of amides is 2. The van der Waals surface area contributed by atoms with E-state index in [4.69, 9.17) is 0 Å². The maximum Gasteiger partial charge on any atom is 0.278 e. The Kier molecular flexibility index (Phi) is 4.38. The van der Waals surface area contributed by atoms with Crippen LogP contribution in [0.4, 0.5) is 5.82 Å². The van der Waals surface area contributed by atoms with E-state index in [1.165, 1.54) is 6.33 Å². The highest BCUT2D eigenvalue weighted by Gasteiger charge is 2.17. The van der Waals surface area contributed by atoms with Crippen molar-refractivity contribution >= 4 is 24.5 Å². The lowest BCUT2D eigenvalue weighted by molar-refractivity contribution is -0.108. The number of hydrogen-bond donors (Lipinski definition) is 1. The van der Waals surface area contributed by atoms with Crippen LogP contribution in [0.25, 0.3) is 0 Å². The first-order valence-corrected chi connectivity index (χ1v) is 5.10. The van der Waals surface area contributed by atoms with Crippen molar-refractivity contribution in [3.05, 3.63) is 12.0 Å². The fourth-order valence-electron chi connectivity index (χ4n) is 1.23. The monoisotopic (exact) mass is 237 g/mol. The highest BCUT2D eigenvalue weighted by atomic mass is 16.2. The van der Waals surface area contributed by atoms with Crippen LogP contribution < -0.4 is 5.32 Å². The van der Waals surface area contributed by atoms with Crippen molar-refractivity contribution in [1.29, 1.82) is 0 Å². The minimum Gasteiger partial charge on any atom is -0.369 e. The van der Waals surface area contributed by atoms with Crippen LogP contribution >= 0.6 is 0 Å². The lowest BCUT2D eigenvalue weighted by Gasteiger charge is -2.04. The molecular weight excluding hydrogens is 222 g/mol. The summed E-state index contributed by atoms with van der Waals surface area (Å²) in [5.41, 5.74) is 0.276. The highest BCUT2D eigenvalue weighted by molar-refractivity contribution is 6.01. The largest absolute Gasteiger partial charge is 0.369 e. The molecule has 0 aliphatic carbocycles. The summed E-state index contributed by atoms with van der Waals surface area (Å²) in [5.74, 6) is -0.217. The number of aromatic nitrogens is 2. The third-order valence-corrected chi connectivity index (χ3v) is 1.98.